The number of rotatable bonds is 6. The van der Waals surface area contributed by atoms with Crippen LogP contribution in [-0.4, -0.2) is 30.8 Å². The Hall–Kier alpha value is -2.82. The van der Waals surface area contributed by atoms with E-state index in [-0.39, 0.29) is 17.7 Å². The maximum Gasteiger partial charge on any atom is 0.253 e. The molecule has 0 unspecified atom stereocenters. The highest BCUT2D eigenvalue weighted by molar-refractivity contribution is 5.95. The van der Waals surface area contributed by atoms with Gasteiger partial charge in [-0.3, -0.25) is 9.59 Å². The van der Waals surface area contributed by atoms with Gasteiger partial charge in [0.05, 0.1) is 5.69 Å². The molecule has 2 aromatic carbocycles. The normalized spacial score (nSPS) is 13.2. The van der Waals surface area contributed by atoms with Gasteiger partial charge in [0.2, 0.25) is 5.91 Å². The summed E-state index contributed by atoms with van der Waals surface area (Å²) in [5.74, 6) is 0.774. The second kappa shape index (κ2) is 7.38. The standard InChI is InChI=1S/C20H22N2O3/c1-22(2)20(24)16-7-5-6-14(12-16)13-25-18-9-4-3-8-17(18)21-19(23)15-10-11-15/h3-9,12,15H,10-11,13H2,1-2H3,(H,21,23). The molecule has 0 aliphatic heterocycles. The predicted molar refractivity (Wildman–Crippen MR) is 96.6 cm³/mol. The number of ether oxygens (including phenoxy) is 1. The van der Waals surface area contributed by atoms with Gasteiger partial charge in [0, 0.05) is 25.6 Å². The minimum Gasteiger partial charge on any atom is -0.487 e. The summed E-state index contributed by atoms with van der Waals surface area (Å²) in [6.45, 7) is 0.324. The molecule has 1 saturated carbocycles. The zero-order chi connectivity index (χ0) is 17.8. The zero-order valence-corrected chi connectivity index (χ0v) is 14.5. The number of hydrogen-bond donors (Lipinski definition) is 1. The van der Waals surface area contributed by atoms with Crippen LogP contribution in [0.2, 0.25) is 0 Å². The smallest absolute Gasteiger partial charge is 0.253 e. The van der Waals surface area contributed by atoms with Crippen molar-refractivity contribution in [1.82, 2.24) is 4.90 Å². The number of benzene rings is 2. The molecular formula is C20H22N2O3. The number of hydrogen-bond acceptors (Lipinski definition) is 3. The fourth-order valence-electron chi connectivity index (χ4n) is 2.49. The third-order valence-electron chi connectivity index (χ3n) is 4.07. The minimum absolute atomic E-state index is 0.0426. The molecule has 2 aromatic rings. The highest BCUT2D eigenvalue weighted by Crippen LogP contribution is 2.32. The first-order valence-electron chi connectivity index (χ1n) is 8.38. The molecule has 25 heavy (non-hydrogen) atoms. The van der Waals surface area contributed by atoms with Crippen LogP contribution < -0.4 is 10.1 Å². The van der Waals surface area contributed by atoms with Crippen LogP contribution in [0, 0.1) is 5.92 Å². The Morgan fingerprint density at radius 3 is 2.60 bits per heavy atom. The van der Waals surface area contributed by atoms with E-state index in [1.54, 1.807) is 25.1 Å². The van der Waals surface area contributed by atoms with Gasteiger partial charge in [0.25, 0.3) is 5.91 Å². The lowest BCUT2D eigenvalue weighted by Crippen LogP contribution is -2.21. The number of nitrogens with one attached hydrogen (secondary N) is 1. The molecule has 5 nitrogen and oxygen atoms in total. The van der Waals surface area contributed by atoms with Crippen LogP contribution in [0.25, 0.3) is 0 Å². The van der Waals surface area contributed by atoms with Gasteiger partial charge in [0.15, 0.2) is 0 Å². The summed E-state index contributed by atoms with van der Waals surface area (Å²) in [7, 11) is 3.45. The van der Waals surface area contributed by atoms with Crippen LogP contribution in [0.4, 0.5) is 5.69 Å². The van der Waals surface area contributed by atoms with Crippen molar-refractivity contribution in [2.45, 2.75) is 19.4 Å². The summed E-state index contributed by atoms with van der Waals surface area (Å²) in [5, 5.41) is 2.93. The molecule has 1 N–H and O–H groups in total. The van der Waals surface area contributed by atoms with Crippen LogP contribution in [0.5, 0.6) is 5.75 Å². The average Bonchev–Trinajstić information content (AvgIpc) is 3.45. The molecule has 1 fully saturated rings. The first-order valence-corrected chi connectivity index (χ1v) is 8.38. The van der Waals surface area contributed by atoms with E-state index in [4.69, 9.17) is 4.74 Å². The highest BCUT2D eigenvalue weighted by atomic mass is 16.5. The molecule has 3 rings (SSSR count). The second-order valence-electron chi connectivity index (χ2n) is 6.45. The van der Waals surface area contributed by atoms with Gasteiger partial charge >= 0.3 is 0 Å². The van der Waals surface area contributed by atoms with E-state index in [0.29, 0.717) is 23.6 Å². The van der Waals surface area contributed by atoms with Crippen molar-refractivity contribution >= 4 is 17.5 Å². The number of amides is 2. The topological polar surface area (TPSA) is 58.6 Å². The average molecular weight is 338 g/mol. The summed E-state index contributed by atoms with van der Waals surface area (Å²) >= 11 is 0. The lowest BCUT2D eigenvalue weighted by molar-refractivity contribution is -0.117. The molecule has 2 amide bonds. The van der Waals surface area contributed by atoms with Crippen molar-refractivity contribution in [2.24, 2.45) is 5.92 Å². The van der Waals surface area contributed by atoms with Crippen molar-refractivity contribution in [3.8, 4) is 5.75 Å². The van der Waals surface area contributed by atoms with Gasteiger partial charge in [-0.05, 0) is 42.7 Å². The van der Waals surface area contributed by atoms with E-state index < -0.39 is 0 Å². The maximum atomic E-state index is 12.1. The largest absolute Gasteiger partial charge is 0.487 e. The molecule has 0 atom stereocenters. The van der Waals surface area contributed by atoms with Crippen molar-refractivity contribution in [3.05, 3.63) is 59.7 Å². The fourth-order valence-corrected chi connectivity index (χ4v) is 2.49. The summed E-state index contributed by atoms with van der Waals surface area (Å²) in [6, 6.07) is 14.8. The van der Waals surface area contributed by atoms with Gasteiger partial charge in [-0.2, -0.15) is 0 Å². The molecule has 0 aromatic heterocycles. The lowest BCUT2D eigenvalue weighted by atomic mass is 10.1. The van der Waals surface area contributed by atoms with E-state index in [1.807, 2.05) is 42.5 Å². The predicted octanol–water partition coefficient (Wildman–Crippen LogP) is 3.32. The van der Waals surface area contributed by atoms with E-state index >= 15 is 0 Å². The molecular weight excluding hydrogens is 316 g/mol. The van der Waals surface area contributed by atoms with E-state index in [0.717, 1.165) is 18.4 Å². The Labute approximate surface area is 147 Å². The molecule has 5 heteroatoms. The van der Waals surface area contributed by atoms with Gasteiger partial charge < -0.3 is 15.0 Å². The SMILES string of the molecule is CN(C)C(=O)c1cccc(COc2ccccc2NC(=O)C2CC2)c1. The second-order valence-corrected chi connectivity index (χ2v) is 6.45. The first-order chi connectivity index (χ1) is 12.0. The molecule has 1 aliphatic carbocycles. The van der Waals surface area contributed by atoms with E-state index in [9.17, 15) is 9.59 Å². The molecule has 130 valence electrons. The summed E-state index contributed by atoms with van der Waals surface area (Å²) in [4.78, 5) is 25.6. The van der Waals surface area contributed by atoms with Crippen LogP contribution in [0.1, 0.15) is 28.8 Å². The number of carbonyl (C=O) groups excluding carboxylic acids is 2. The quantitative estimate of drug-likeness (QED) is 0.879. The van der Waals surface area contributed by atoms with Crippen LogP contribution >= 0.6 is 0 Å². The molecule has 0 saturated heterocycles. The minimum atomic E-state index is -0.0426. The Morgan fingerprint density at radius 1 is 1.12 bits per heavy atom. The number of carbonyl (C=O) groups is 2. The fraction of sp³-hybridized carbons (Fsp3) is 0.300. The van der Waals surface area contributed by atoms with Gasteiger partial charge in [-0.25, -0.2) is 0 Å². The third-order valence-corrected chi connectivity index (χ3v) is 4.07. The summed E-state index contributed by atoms with van der Waals surface area (Å²) in [5.41, 5.74) is 2.21. The molecule has 0 radical (unpaired) electrons. The Bertz CT molecular complexity index is 782. The maximum absolute atomic E-state index is 12.1. The van der Waals surface area contributed by atoms with Crippen molar-refractivity contribution in [1.29, 1.82) is 0 Å². The van der Waals surface area contributed by atoms with Crippen molar-refractivity contribution < 1.29 is 14.3 Å². The van der Waals surface area contributed by atoms with Crippen LogP contribution in [-0.2, 0) is 11.4 Å². The Morgan fingerprint density at radius 2 is 1.88 bits per heavy atom. The molecule has 0 bridgehead atoms. The van der Waals surface area contributed by atoms with Crippen molar-refractivity contribution in [3.63, 3.8) is 0 Å². The van der Waals surface area contributed by atoms with E-state index in [2.05, 4.69) is 5.32 Å². The number of para-hydroxylation sites is 2. The molecule has 0 heterocycles. The van der Waals surface area contributed by atoms with Crippen LogP contribution in [0.3, 0.4) is 0 Å². The summed E-state index contributed by atoms with van der Waals surface area (Å²) < 4.78 is 5.88. The monoisotopic (exact) mass is 338 g/mol. The van der Waals surface area contributed by atoms with E-state index in [1.165, 1.54) is 0 Å². The van der Waals surface area contributed by atoms with Gasteiger partial charge in [0.1, 0.15) is 12.4 Å². The molecule has 1 aliphatic rings. The third kappa shape index (κ3) is 4.38. The first kappa shape index (κ1) is 17.0. The van der Waals surface area contributed by atoms with Gasteiger partial charge in [-0.1, -0.05) is 24.3 Å². The summed E-state index contributed by atoms with van der Waals surface area (Å²) in [6.07, 6.45) is 1.92. The lowest BCUT2D eigenvalue weighted by Gasteiger charge is -2.14. The highest BCUT2D eigenvalue weighted by Gasteiger charge is 2.30. The van der Waals surface area contributed by atoms with Crippen molar-refractivity contribution in [2.75, 3.05) is 19.4 Å². The zero-order valence-electron chi connectivity index (χ0n) is 14.5. The Kier molecular flexibility index (Phi) is 5.03. The molecule has 0 spiro atoms. The number of anilines is 1. The van der Waals surface area contributed by atoms with Crippen LogP contribution in [0.15, 0.2) is 48.5 Å². The van der Waals surface area contributed by atoms with Gasteiger partial charge in [-0.15, -0.1) is 0 Å². The Balaban J connectivity index is 1.68. The number of nitrogens with zero attached hydrogens (tertiary/aromatic N) is 1.